The molecule has 0 saturated heterocycles. The van der Waals surface area contributed by atoms with Crippen molar-refractivity contribution in [2.24, 2.45) is 0 Å². The lowest BCUT2D eigenvalue weighted by molar-refractivity contribution is -0.385. The number of benzene rings is 1. The molecule has 0 radical (unpaired) electrons. The summed E-state index contributed by atoms with van der Waals surface area (Å²) in [6.07, 6.45) is -0.835. The molecule has 0 saturated carbocycles. The van der Waals surface area contributed by atoms with Gasteiger partial charge in [0.1, 0.15) is 11.6 Å². The summed E-state index contributed by atoms with van der Waals surface area (Å²) in [6, 6.07) is 5.30. The number of nitro groups is 1. The van der Waals surface area contributed by atoms with E-state index in [-0.39, 0.29) is 21.0 Å². The number of halogens is 2. The molecular weight excluding hydrogens is 353 g/mol. The third kappa shape index (κ3) is 3.14. The third-order valence-electron chi connectivity index (χ3n) is 2.41. The summed E-state index contributed by atoms with van der Waals surface area (Å²) in [5, 5.41) is 20.4. The molecule has 0 aliphatic heterocycles. The summed E-state index contributed by atoms with van der Waals surface area (Å²) in [5.74, 6) is -0.384. The zero-order valence-corrected chi connectivity index (χ0v) is 12.6. The van der Waals surface area contributed by atoms with Crippen molar-refractivity contribution >= 4 is 33.0 Å². The normalized spacial score (nSPS) is 12.2. The lowest BCUT2D eigenvalue weighted by atomic mass is 10.3. The molecule has 1 unspecified atom stereocenters. The van der Waals surface area contributed by atoms with E-state index in [0.29, 0.717) is 4.88 Å². The average Bonchev–Trinajstić information content (AvgIpc) is 2.78. The second-order valence-corrected chi connectivity index (χ2v) is 5.83. The molecular formula is C12H9BrFNO4S. The first-order valence-electron chi connectivity index (χ1n) is 5.47. The molecule has 5 nitrogen and oxygen atoms in total. The number of hydrogen-bond acceptors (Lipinski definition) is 5. The van der Waals surface area contributed by atoms with Crippen LogP contribution in [0.1, 0.15) is 17.9 Å². The minimum Gasteiger partial charge on any atom is -0.440 e. The summed E-state index contributed by atoms with van der Waals surface area (Å²) in [7, 11) is 0. The van der Waals surface area contributed by atoms with Crippen molar-refractivity contribution in [1.82, 2.24) is 0 Å². The van der Waals surface area contributed by atoms with Gasteiger partial charge in [-0.15, -0.1) is 0 Å². The zero-order chi connectivity index (χ0) is 14.9. The molecule has 1 heterocycles. The van der Waals surface area contributed by atoms with Crippen molar-refractivity contribution in [2.45, 2.75) is 13.0 Å². The number of rotatable bonds is 4. The minimum absolute atomic E-state index is 0.00706. The molecule has 106 valence electrons. The topological polar surface area (TPSA) is 72.6 Å². The van der Waals surface area contributed by atoms with Crippen LogP contribution in [0.3, 0.4) is 0 Å². The quantitative estimate of drug-likeness (QED) is 0.646. The number of thiophene rings is 1. The molecule has 1 atom stereocenters. The Morgan fingerprint density at radius 2 is 2.20 bits per heavy atom. The summed E-state index contributed by atoms with van der Waals surface area (Å²) in [5.41, 5.74) is -0.255. The number of aliphatic hydroxyl groups is 1. The van der Waals surface area contributed by atoms with Gasteiger partial charge in [0.2, 0.25) is 0 Å². The summed E-state index contributed by atoms with van der Waals surface area (Å²) < 4.78 is 19.0. The van der Waals surface area contributed by atoms with Gasteiger partial charge in [-0.3, -0.25) is 10.1 Å². The molecule has 0 aliphatic rings. The first-order chi connectivity index (χ1) is 9.38. The lowest BCUT2D eigenvalue weighted by Gasteiger charge is -2.03. The highest BCUT2D eigenvalue weighted by Crippen LogP contribution is 2.42. The number of hydrogen-bond donors (Lipinski definition) is 1. The number of ether oxygens (including phenoxy) is 1. The number of nitrogens with zero attached hydrogens (tertiary/aromatic N) is 1. The molecule has 0 bridgehead atoms. The van der Waals surface area contributed by atoms with Crippen LogP contribution in [-0.4, -0.2) is 10.0 Å². The van der Waals surface area contributed by atoms with E-state index >= 15 is 0 Å². The maximum absolute atomic E-state index is 13.4. The monoisotopic (exact) mass is 361 g/mol. The standard InChI is InChI=1S/C12H9BrFNO4S/c1-6(16)11-5-10(15(17)18)12(20-11)19-7-2-3-8(13)9(14)4-7/h2-6,16H,1H3. The van der Waals surface area contributed by atoms with Gasteiger partial charge in [-0.2, -0.15) is 0 Å². The zero-order valence-electron chi connectivity index (χ0n) is 10.2. The maximum Gasteiger partial charge on any atom is 0.323 e. The number of aliphatic hydroxyl groups excluding tert-OH is 1. The van der Waals surface area contributed by atoms with Crippen molar-refractivity contribution in [2.75, 3.05) is 0 Å². The Bertz CT molecular complexity index is 659. The second-order valence-electron chi connectivity index (χ2n) is 3.93. The molecule has 1 aromatic heterocycles. The fraction of sp³-hybridized carbons (Fsp3) is 0.167. The summed E-state index contributed by atoms with van der Waals surface area (Å²) >= 11 is 3.96. The molecule has 2 rings (SSSR count). The van der Waals surface area contributed by atoms with Crippen LogP contribution in [0, 0.1) is 15.9 Å². The molecule has 0 amide bonds. The van der Waals surface area contributed by atoms with Gasteiger partial charge in [-0.25, -0.2) is 4.39 Å². The molecule has 1 aromatic carbocycles. The largest absolute Gasteiger partial charge is 0.440 e. The van der Waals surface area contributed by atoms with Crippen LogP contribution in [0.15, 0.2) is 28.7 Å². The van der Waals surface area contributed by atoms with Crippen LogP contribution in [0.25, 0.3) is 0 Å². The smallest absolute Gasteiger partial charge is 0.323 e. The van der Waals surface area contributed by atoms with Gasteiger partial charge in [-0.1, -0.05) is 11.3 Å². The van der Waals surface area contributed by atoms with E-state index in [1.165, 1.54) is 25.1 Å². The van der Waals surface area contributed by atoms with E-state index in [0.717, 1.165) is 17.4 Å². The Hall–Kier alpha value is -1.51. The highest BCUT2D eigenvalue weighted by molar-refractivity contribution is 9.10. The highest BCUT2D eigenvalue weighted by Gasteiger charge is 2.23. The van der Waals surface area contributed by atoms with Crippen molar-refractivity contribution in [1.29, 1.82) is 0 Å². The first-order valence-corrected chi connectivity index (χ1v) is 7.08. The van der Waals surface area contributed by atoms with Gasteiger partial charge < -0.3 is 9.84 Å². The van der Waals surface area contributed by atoms with E-state index in [2.05, 4.69) is 15.9 Å². The maximum atomic E-state index is 13.4. The fourth-order valence-corrected chi connectivity index (χ4v) is 2.61. The summed E-state index contributed by atoms with van der Waals surface area (Å²) in [4.78, 5) is 10.7. The Kier molecular flexibility index (Phi) is 4.36. The Labute approximate surface area is 125 Å². The second kappa shape index (κ2) is 5.86. The lowest BCUT2D eigenvalue weighted by Crippen LogP contribution is -1.90. The first kappa shape index (κ1) is 14.9. The van der Waals surface area contributed by atoms with Crippen LogP contribution >= 0.6 is 27.3 Å². The minimum atomic E-state index is -0.835. The van der Waals surface area contributed by atoms with Crippen molar-refractivity contribution in [3.05, 3.63) is 49.5 Å². The van der Waals surface area contributed by atoms with Gasteiger partial charge in [-0.05, 0) is 35.0 Å². The van der Waals surface area contributed by atoms with Crippen LogP contribution in [0.5, 0.6) is 10.8 Å². The third-order valence-corrected chi connectivity index (χ3v) is 4.22. The van der Waals surface area contributed by atoms with Gasteiger partial charge in [0.15, 0.2) is 0 Å². The van der Waals surface area contributed by atoms with Crippen LogP contribution in [0.2, 0.25) is 0 Å². The van der Waals surface area contributed by atoms with E-state index in [9.17, 15) is 19.6 Å². The van der Waals surface area contributed by atoms with Crippen molar-refractivity contribution < 1.29 is 19.2 Å². The van der Waals surface area contributed by atoms with Gasteiger partial charge >= 0.3 is 5.69 Å². The van der Waals surface area contributed by atoms with Crippen LogP contribution in [-0.2, 0) is 0 Å². The van der Waals surface area contributed by atoms with E-state index in [1.807, 2.05) is 0 Å². The van der Waals surface area contributed by atoms with E-state index < -0.39 is 16.8 Å². The predicted molar refractivity (Wildman–Crippen MR) is 75.8 cm³/mol. The molecule has 0 aliphatic carbocycles. The average molecular weight is 362 g/mol. The van der Waals surface area contributed by atoms with Crippen molar-refractivity contribution in [3.8, 4) is 10.8 Å². The molecule has 0 spiro atoms. The molecule has 20 heavy (non-hydrogen) atoms. The van der Waals surface area contributed by atoms with Crippen molar-refractivity contribution in [3.63, 3.8) is 0 Å². The Balaban J connectivity index is 2.36. The SMILES string of the molecule is CC(O)c1cc([N+](=O)[O-])c(Oc2ccc(Br)c(F)c2)s1. The van der Waals surface area contributed by atoms with Crippen LogP contribution in [0.4, 0.5) is 10.1 Å². The molecule has 2 aromatic rings. The molecule has 1 N–H and O–H groups in total. The Morgan fingerprint density at radius 3 is 2.75 bits per heavy atom. The summed E-state index contributed by atoms with van der Waals surface area (Å²) in [6.45, 7) is 1.50. The van der Waals surface area contributed by atoms with Gasteiger partial charge in [0.25, 0.3) is 5.06 Å². The highest BCUT2D eigenvalue weighted by atomic mass is 79.9. The van der Waals surface area contributed by atoms with E-state index in [4.69, 9.17) is 4.74 Å². The predicted octanol–water partition coefficient (Wildman–Crippen LogP) is 4.40. The van der Waals surface area contributed by atoms with Gasteiger partial charge in [0, 0.05) is 17.0 Å². The fourth-order valence-electron chi connectivity index (χ4n) is 1.44. The molecule has 0 fully saturated rings. The van der Waals surface area contributed by atoms with Gasteiger partial charge in [0.05, 0.1) is 15.5 Å². The Morgan fingerprint density at radius 1 is 1.50 bits per heavy atom. The van der Waals surface area contributed by atoms with Crippen LogP contribution < -0.4 is 4.74 Å². The van der Waals surface area contributed by atoms with E-state index in [1.54, 1.807) is 0 Å². The molecule has 8 heteroatoms.